The number of halogens is 3. The topological polar surface area (TPSA) is 122 Å². The maximum Gasteiger partial charge on any atom is 0.393 e. The van der Waals surface area contributed by atoms with Crippen LogP contribution >= 0.6 is 11.3 Å². The van der Waals surface area contributed by atoms with Gasteiger partial charge in [-0.3, -0.25) is 9.80 Å². The standard InChI is InChI=1S/C33H42F3N9O2S2/c1-5-44-13-12-43(20-49(44,46)47)21(2)18-45-25(17-37)14-27-22(3)23(6-7-29(27)45)19-42-10-8-24(9-11-42)39-30-28-15-26(16-33(34,35)36)48-31(28)41-32(38-4)40-30/h6-7,14-15,21,24H,5,8-13,16,18-20H2,1-4H3,(H2,38,39,40,41)/t21-/m0/s1. The van der Waals surface area contributed by atoms with Crippen molar-refractivity contribution in [3.05, 3.63) is 46.0 Å². The van der Waals surface area contributed by atoms with Crippen LogP contribution in [0.25, 0.3) is 21.1 Å². The number of likely N-dealkylation sites (tertiary alicyclic amines) is 1. The number of sulfonamides is 1. The molecule has 0 saturated carbocycles. The fourth-order valence-corrected chi connectivity index (χ4v) is 9.72. The lowest BCUT2D eigenvalue weighted by Gasteiger charge is -2.37. The molecule has 3 aromatic heterocycles. The maximum absolute atomic E-state index is 13.1. The van der Waals surface area contributed by atoms with Crippen molar-refractivity contribution < 1.29 is 21.6 Å². The second-order valence-electron chi connectivity index (χ2n) is 13.0. The number of nitrogens with one attached hydrogen (secondary N) is 2. The van der Waals surface area contributed by atoms with Crippen LogP contribution in [0, 0.1) is 18.3 Å². The summed E-state index contributed by atoms with van der Waals surface area (Å²) in [5, 5.41) is 18.1. The summed E-state index contributed by atoms with van der Waals surface area (Å²) in [5.41, 5.74) is 3.82. The highest BCUT2D eigenvalue weighted by molar-refractivity contribution is 7.89. The Bertz CT molecular complexity index is 1980. The summed E-state index contributed by atoms with van der Waals surface area (Å²) < 4.78 is 68.2. The summed E-state index contributed by atoms with van der Waals surface area (Å²) in [5.74, 6) is 0.899. The van der Waals surface area contributed by atoms with E-state index < -0.39 is 22.6 Å². The zero-order valence-corrected chi connectivity index (χ0v) is 29.8. The van der Waals surface area contributed by atoms with E-state index >= 15 is 0 Å². The molecule has 2 aliphatic rings. The predicted molar refractivity (Wildman–Crippen MR) is 187 cm³/mol. The highest BCUT2D eigenvalue weighted by Gasteiger charge is 2.33. The van der Waals surface area contributed by atoms with E-state index in [4.69, 9.17) is 0 Å². The van der Waals surface area contributed by atoms with Crippen LogP contribution < -0.4 is 10.6 Å². The zero-order chi connectivity index (χ0) is 35.1. The van der Waals surface area contributed by atoms with Crippen LogP contribution in [0.15, 0.2) is 24.3 Å². The third-order valence-corrected chi connectivity index (χ3v) is 12.6. The minimum atomic E-state index is -4.29. The number of aryl methyl sites for hydroxylation is 1. The van der Waals surface area contributed by atoms with Gasteiger partial charge in [-0.25, -0.2) is 13.4 Å². The number of thiophene rings is 1. The molecule has 1 aromatic carbocycles. The highest BCUT2D eigenvalue weighted by Crippen LogP contribution is 2.35. The number of hydrogen-bond donors (Lipinski definition) is 2. The number of nitriles is 1. The molecule has 2 saturated heterocycles. The first-order chi connectivity index (χ1) is 23.3. The summed E-state index contributed by atoms with van der Waals surface area (Å²) in [7, 11) is -1.64. The van der Waals surface area contributed by atoms with Gasteiger partial charge in [0.25, 0.3) is 0 Å². The maximum atomic E-state index is 13.1. The average molecular weight is 718 g/mol. The largest absolute Gasteiger partial charge is 0.393 e. The number of nitrogens with zero attached hydrogens (tertiary/aromatic N) is 7. The summed E-state index contributed by atoms with van der Waals surface area (Å²) in [6, 6.07) is 10.1. The van der Waals surface area contributed by atoms with E-state index in [0.29, 0.717) is 53.9 Å². The van der Waals surface area contributed by atoms with Crippen LogP contribution in [0.2, 0.25) is 0 Å². The molecular formula is C33H42F3N9O2S2. The zero-order valence-electron chi connectivity index (χ0n) is 28.1. The molecule has 4 aromatic rings. The van der Waals surface area contributed by atoms with Crippen LogP contribution in [0.5, 0.6) is 0 Å². The Kier molecular flexibility index (Phi) is 10.1. The van der Waals surface area contributed by atoms with Gasteiger partial charge >= 0.3 is 6.18 Å². The molecule has 1 atom stereocenters. The van der Waals surface area contributed by atoms with Crippen LogP contribution in [0.3, 0.4) is 0 Å². The van der Waals surface area contributed by atoms with Crippen molar-refractivity contribution in [2.45, 2.75) is 71.4 Å². The number of aromatic nitrogens is 3. The van der Waals surface area contributed by atoms with Crippen LogP contribution in [0.4, 0.5) is 24.9 Å². The first kappa shape index (κ1) is 35.3. The third kappa shape index (κ3) is 7.65. The van der Waals surface area contributed by atoms with Crippen molar-refractivity contribution in [2.24, 2.45) is 0 Å². The van der Waals surface area contributed by atoms with Crippen molar-refractivity contribution in [3.63, 3.8) is 0 Å². The molecule has 6 rings (SSSR count). The Hall–Kier alpha value is -3.49. The SMILES string of the molecule is CCN1CCN([C@@H](C)Cn2c(C#N)cc3c(C)c(CN4CCC(Nc5nc(NC)nc6sc(CC(F)(F)F)cc56)CC4)ccc32)CS1(=O)=O. The molecule has 2 N–H and O–H groups in total. The van der Waals surface area contributed by atoms with E-state index in [2.05, 4.69) is 50.6 Å². The monoisotopic (exact) mass is 717 g/mol. The summed E-state index contributed by atoms with van der Waals surface area (Å²) in [6.45, 7) is 10.5. The fourth-order valence-electron chi connectivity index (χ4n) is 6.95. The number of alkyl halides is 3. The minimum Gasteiger partial charge on any atom is -0.367 e. The van der Waals surface area contributed by atoms with Gasteiger partial charge < -0.3 is 15.2 Å². The predicted octanol–water partition coefficient (Wildman–Crippen LogP) is 5.36. The number of fused-ring (bicyclic) bond motifs is 2. The number of likely N-dealkylation sites (N-methyl/N-ethyl adjacent to an activating group) is 1. The van der Waals surface area contributed by atoms with Gasteiger partial charge in [-0.2, -0.15) is 27.7 Å². The Balaban J connectivity index is 1.12. The van der Waals surface area contributed by atoms with E-state index in [-0.39, 0.29) is 22.8 Å². The highest BCUT2D eigenvalue weighted by atomic mass is 32.2. The average Bonchev–Trinajstić information content (AvgIpc) is 3.62. The van der Waals surface area contributed by atoms with Crippen LogP contribution in [-0.4, -0.2) is 101 Å². The first-order valence-electron chi connectivity index (χ1n) is 16.6. The molecule has 11 nitrogen and oxygen atoms in total. The molecule has 2 aliphatic heterocycles. The van der Waals surface area contributed by atoms with Gasteiger partial charge in [-0.1, -0.05) is 13.0 Å². The molecule has 0 bridgehead atoms. The second kappa shape index (κ2) is 14.0. The first-order valence-corrected chi connectivity index (χ1v) is 19.0. The van der Waals surface area contributed by atoms with Crippen molar-refractivity contribution in [3.8, 4) is 6.07 Å². The summed E-state index contributed by atoms with van der Waals surface area (Å²) in [4.78, 5) is 14.0. The van der Waals surface area contributed by atoms with Crippen LogP contribution in [0.1, 0.15) is 48.4 Å². The Labute approximate surface area is 288 Å². The second-order valence-corrected chi connectivity index (χ2v) is 16.0. The van der Waals surface area contributed by atoms with E-state index in [1.165, 1.54) is 9.87 Å². The summed E-state index contributed by atoms with van der Waals surface area (Å²) in [6.07, 6.45) is -3.59. The number of piperidine rings is 1. The summed E-state index contributed by atoms with van der Waals surface area (Å²) >= 11 is 1.04. The lowest BCUT2D eigenvalue weighted by Crippen LogP contribution is -2.53. The van der Waals surface area contributed by atoms with E-state index in [9.17, 15) is 26.9 Å². The van der Waals surface area contributed by atoms with E-state index in [1.807, 2.05) is 29.4 Å². The van der Waals surface area contributed by atoms with E-state index in [1.54, 1.807) is 13.1 Å². The van der Waals surface area contributed by atoms with Gasteiger partial charge in [-0.15, -0.1) is 11.3 Å². The molecule has 16 heteroatoms. The van der Waals surface area contributed by atoms with Crippen LogP contribution in [-0.2, 0) is 29.5 Å². The van der Waals surface area contributed by atoms with Gasteiger partial charge in [0, 0.05) is 80.7 Å². The molecular weight excluding hydrogens is 676 g/mol. The molecule has 0 radical (unpaired) electrons. The molecule has 0 unspecified atom stereocenters. The smallest absolute Gasteiger partial charge is 0.367 e. The molecule has 264 valence electrons. The van der Waals surface area contributed by atoms with Gasteiger partial charge in [0.1, 0.15) is 28.3 Å². The van der Waals surface area contributed by atoms with Crippen molar-refractivity contribution in [1.29, 1.82) is 5.26 Å². The molecule has 0 aliphatic carbocycles. The molecule has 49 heavy (non-hydrogen) atoms. The third-order valence-electron chi connectivity index (χ3n) is 9.73. The fraction of sp³-hybridized carbons (Fsp3) is 0.545. The van der Waals surface area contributed by atoms with Crippen molar-refractivity contribution in [1.82, 2.24) is 28.6 Å². The number of hydrogen-bond acceptors (Lipinski definition) is 10. The molecule has 2 fully saturated rings. The Morgan fingerprint density at radius 2 is 1.88 bits per heavy atom. The number of rotatable bonds is 10. The number of benzene rings is 1. The minimum absolute atomic E-state index is 0.0181. The van der Waals surface area contributed by atoms with Gasteiger partial charge in [0.2, 0.25) is 16.0 Å². The number of anilines is 2. The lowest BCUT2D eigenvalue weighted by atomic mass is 10.0. The normalized spacial score (nSPS) is 19.0. The lowest BCUT2D eigenvalue weighted by molar-refractivity contribution is -0.126. The van der Waals surface area contributed by atoms with Crippen molar-refractivity contribution in [2.75, 3.05) is 56.3 Å². The van der Waals surface area contributed by atoms with Gasteiger partial charge in [-0.05, 0) is 56.0 Å². The Morgan fingerprint density at radius 3 is 2.53 bits per heavy atom. The van der Waals surface area contributed by atoms with Gasteiger partial charge in [0.05, 0.1) is 11.8 Å². The quantitative estimate of drug-likeness (QED) is 0.223. The van der Waals surface area contributed by atoms with Gasteiger partial charge in [0.15, 0.2) is 0 Å². The molecule has 0 amide bonds. The molecule has 5 heterocycles. The Morgan fingerprint density at radius 1 is 1.12 bits per heavy atom. The van der Waals surface area contributed by atoms with E-state index in [0.717, 1.165) is 60.3 Å². The molecule has 0 spiro atoms. The van der Waals surface area contributed by atoms with Crippen molar-refractivity contribution >= 4 is 54.2 Å².